The number of amides is 2. The van der Waals surface area contributed by atoms with E-state index < -0.39 is 0 Å². The van der Waals surface area contributed by atoms with E-state index in [-0.39, 0.29) is 23.1 Å². The lowest BCUT2D eigenvalue weighted by Gasteiger charge is -2.37. The van der Waals surface area contributed by atoms with Crippen LogP contribution in [-0.4, -0.2) is 61.4 Å². The van der Waals surface area contributed by atoms with Crippen molar-refractivity contribution in [1.29, 1.82) is 0 Å². The van der Waals surface area contributed by atoms with Crippen molar-refractivity contribution in [2.24, 2.45) is 17.3 Å². The Bertz CT molecular complexity index is 417. The van der Waals surface area contributed by atoms with E-state index in [1.165, 1.54) is 0 Å². The molecule has 2 amide bonds. The van der Waals surface area contributed by atoms with Crippen LogP contribution in [0.3, 0.4) is 0 Å². The van der Waals surface area contributed by atoms with Gasteiger partial charge >= 0.3 is 0 Å². The van der Waals surface area contributed by atoms with E-state index in [0.717, 1.165) is 45.4 Å². The minimum Gasteiger partial charge on any atom is -0.342 e. The molecule has 2 rings (SSSR count). The Kier molecular flexibility index (Phi) is 5.48. The van der Waals surface area contributed by atoms with Crippen LogP contribution >= 0.6 is 0 Å². The third-order valence-electron chi connectivity index (χ3n) is 4.79. The zero-order valence-electron chi connectivity index (χ0n) is 14.5. The first-order valence-corrected chi connectivity index (χ1v) is 8.55. The van der Waals surface area contributed by atoms with Crippen LogP contribution in [0.25, 0.3) is 0 Å². The molecule has 1 N–H and O–H groups in total. The number of carbonyl (C=O) groups is 2. The average molecular weight is 309 g/mol. The van der Waals surface area contributed by atoms with Gasteiger partial charge < -0.3 is 15.1 Å². The molecule has 126 valence electrons. The Morgan fingerprint density at radius 2 is 1.82 bits per heavy atom. The Hall–Kier alpha value is -1.10. The minimum atomic E-state index is -0.365. The maximum atomic E-state index is 12.7. The van der Waals surface area contributed by atoms with Crippen LogP contribution in [0, 0.1) is 17.3 Å². The van der Waals surface area contributed by atoms with Crippen LogP contribution in [0.15, 0.2) is 0 Å². The average Bonchev–Trinajstić information content (AvgIpc) is 2.94. The molecule has 0 aromatic carbocycles. The number of piperidine rings is 1. The van der Waals surface area contributed by atoms with E-state index in [1.807, 2.05) is 37.6 Å². The van der Waals surface area contributed by atoms with Gasteiger partial charge in [0.15, 0.2) is 0 Å². The topological polar surface area (TPSA) is 52.7 Å². The highest BCUT2D eigenvalue weighted by atomic mass is 16.2. The van der Waals surface area contributed by atoms with Crippen molar-refractivity contribution < 1.29 is 9.59 Å². The summed E-state index contributed by atoms with van der Waals surface area (Å²) in [5, 5.41) is 3.20. The summed E-state index contributed by atoms with van der Waals surface area (Å²) in [6.45, 7) is 9.95. The number of rotatable bonds is 3. The molecule has 0 saturated carbocycles. The largest absolute Gasteiger partial charge is 0.342 e. The van der Waals surface area contributed by atoms with Crippen molar-refractivity contribution in [3.05, 3.63) is 0 Å². The lowest BCUT2D eigenvalue weighted by atomic mass is 9.90. The Labute approximate surface area is 134 Å². The van der Waals surface area contributed by atoms with Gasteiger partial charge in [-0.15, -0.1) is 0 Å². The molecule has 0 radical (unpaired) electrons. The molecule has 2 aliphatic rings. The molecule has 2 fully saturated rings. The molecule has 2 atom stereocenters. The molecule has 0 aromatic heterocycles. The quantitative estimate of drug-likeness (QED) is 0.856. The van der Waals surface area contributed by atoms with Crippen molar-refractivity contribution in [3.63, 3.8) is 0 Å². The number of carbonyl (C=O) groups excluding carboxylic acids is 2. The van der Waals surface area contributed by atoms with E-state index in [0.29, 0.717) is 12.5 Å². The molecule has 2 saturated heterocycles. The van der Waals surface area contributed by atoms with Gasteiger partial charge in [-0.05, 0) is 38.8 Å². The summed E-state index contributed by atoms with van der Waals surface area (Å²) in [6.07, 6.45) is 2.94. The van der Waals surface area contributed by atoms with Gasteiger partial charge in [0.25, 0.3) is 0 Å². The van der Waals surface area contributed by atoms with Gasteiger partial charge in [0.05, 0.1) is 5.92 Å². The lowest BCUT2D eigenvalue weighted by molar-refractivity contribution is -0.145. The molecular formula is C17H31N3O2. The highest BCUT2D eigenvalue weighted by Gasteiger charge is 2.36. The summed E-state index contributed by atoms with van der Waals surface area (Å²) < 4.78 is 0. The SMILES string of the molecule is CNCC1CCN(C(=O)C2CCCN(C(=O)C(C)(C)C)C2)C1. The summed E-state index contributed by atoms with van der Waals surface area (Å²) in [5.74, 6) is 0.989. The van der Waals surface area contributed by atoms with E-state index >= 15 is 0 Å². The minimum absolute atomic E-state index is 0.00612. The lowest BCUT2D eigenvalue weighted by Crippen LogP contribution is -2.49. The molecule has 22 heavy (non-hydrogen) atoms. The zero-order valence-corrected chi connectivity index (χ0v) is 14.5. The van der Waals surface area contributed by atoms with Crippen molar-refractivity contribution in [1.82, 2.24) is 15.1 Å². The van der Waals surface area contributed by atoms with Gasteiger partial charge in [-0.1, -0.05) is 20.8 Å². The van der Waals surface area contributed by atoms with Crippen LogP contribution in [0.4, 0.5) is 0 Å². The fourth-order valence-corrected chi connectivity index (χ4v) is 3.58. The summed E-state index contributed by atoms with van der Waals surface area (Å²) in [6, 6.07) is 0. The fourth-order valence-electron chi connectivity index (χ4n) is 3.58. The fraction of sp³-hybridized carbons (Fsp3) is 0.882. The number of hydrogen-bond acceptors (Lipinski definition) is 3. The zero-order chi connectivity index (χ0) is 16.3. The molecule has 0 aromatic rings. The van der Waals surface area contributed by atoms with Crippen molar-refractivity contribution in [2.45, 2.75) is 40.0 Å². The molecule has 2 unspecified atom stereocenters. The van der Waals surface area contributed by atoms with Crippen molar-refractivity contribution >= 4 is 11.8 Å². The van der Waals surface area contributed by atoms with Gasteiger partial charge in [0.2, 0.25) is 11.8 Å². The third-order valence-corrected chi connectivity index (χ3v) is 4.79. The molecule has 2 aliphatic heterocycles. The van der Waals surface area contributed by atoms with Crippen LogP contribution < -0.4 is 5.32 Å². The number of hydrogen-bond donors (Lipinski definition) is 1. The molecule has 5 heteroatoms. The van der Waals surface area contributed by atoms with E-state index in [2.05, 4.69) is 5.32 Å². The maximum absolute atomic E-state index is 12.7. The number of nitrogens with one attached hydrogen (secondary N) is 1. The second-order valence-electron chi connectivity index (χ2n) is 7.84. The highest BCUT2D eigenvalue weighted by Crippen LogP contribution is 2.26. The summed E-state index contributed by atoms with van der Waals surface area (Å²) in [7, 11) is 1.96. The predicted octanol–water partition coefficient (Wildman–Crippen LogP) is 1.34. The van der Waals surface area contributed by atoms with Gasteiger partial charge in [-0.25, -0.2) is 0 Å². The highest BCUT2D eigenvalue weighted by molar-refractivity contribution is 5.84. The second-order valence-corrected chi connectivity index (χ2v) is 7.84. The van der Waals surface area contributed by atoms with Crippen LogP contribution in [0.5, 0.6) is 0 Å². The normalized spacial score (nSPS) is 26.4. The Morgan fingerprint density at radius 1 is 1.09 bits per heavy atom. The molecular weight excluding hydrogens is 278 g/mol. The smallest absolute Gasteiger partial charge is 0.227 e. The molecule has 5 nitrogen and oxygen atoms in total. The van der Waals surface area contributed by atoms with E-state index in [4.69, 9.17) is 0 Å². The van der Waals surface area contributed by atoms with E-state index in [9.17, 15) is 9.59 Å². The first-order chi connectivity index (χ1) is 10.3. The Balaban J connectivity index is 1.92. The van der Waals surface area contributed by atoms with Gasteiger partial charge in [0.1, 0.15) is 0 Å². The standard InChI is InChI=1S/C17H31N3O2/c1-17(2,3)16(22)20-8-5-6-14(12-20)15(21)19-9-7-13(11-19)10-18-4/h13-14,18H,5-12H2,1-4H3. The monoisotopic (exact) mass is 309 g/mol. The van der Waals surface area contributed by atoms with Crippen molar-refractivity contribution in [2.75, 3.05) is 39.8 Å². The van der Waals surface area contributed by atoms with Crippen molar-refractivity contribution in [3.8, 4) is 0 Å². The van der Waals surface area contributed by atoms with Crippen LogP contribution in [0.1, 0.15) is 40.0 Å². The van der Waals surface area contributed by atoms with Gasteiger partial charge in [0, 0.05) is 31.6 Å². The summed E-state index contributed by atoms with van der Waals surface area (Å²) in [4.78, 5) is 29.1. The van der Waals surface area contributed by atoms with E-state index in [1.54, 1.807) is 0 Å². The first kappa shape index (κ1) is 17.3. The Morgan fingerprint density at radius 3 is 2.45 bits per heavy atom. The number of nitrogens with zero attached hydrogens (tertiary/aromatic N) is 2. The second kappa shape index (κ2) is 6.99. The predicted molar refractivity (Wildman–Crippen MR) is 87.4 cm³/mol. The van der Waals surface area contributed by atoms with Gasteiger partial charge in [-0.2, -0.15) is 0 Å². The molecule has 0 aliphatic carbocycles. The molecule has 2 heterocycles. The molecule has 0 spiro atoms. The third kappa shape index (κ3) is 4.00. The van der Waals surface area contributed by atoms with Gasteiger partial charge in [-0.3, -0.25) is 9.59 Å². The number of likely N-dealkylation sites (tertiary alicyclic amines) is 2. The van der Waals surface area contributed by atoms with Crippen LogP contribution in [-0.2, 0) is 9.59 Å². The first-order valence-electron chi connectivity index (χ1n) is 8.55. The molecule has 0 bridgehead atoms. The summed E-state index contributed by atoms with van der Waals surface area (Å²) >= 11 is 0. The maximum Gasteiger partial charge on any atom is 0.227 e. The summed E-state index contributed by atoms with van der Waals surface area (Å²) in [5.41, 5.74) is -0.365. The van der Waals surface area contributed by atoms with Crippen LogP contribution in [0.2, 0.25) is 0 Å².